The first-order valence-corrected chi connectivity index (χ1v) is 8.88. The van der Waals surface area contributed by atoms with E-state index in [0.29, 0.717) is 12.6 Å². The van der Waals surface area contributed by atoms with Gasteiger partial charge in [-0.3, -0.25) is 9.80 Å². The Morgan fingerprint density at radius 1 is 1.17 bits per heavy atom. The number of aliphatic hydroxyl groups excluding tert-OH is 1. The van der Waals surface area contributed by atoms with E-state index in [9.17, 15) is 5.11 Å². The number of β-amino-alcohol motifs (C(OH)–C–C–N with tert-alkyl or cyclic N) is 1. The highest BCUT2D eigenvalue weighted by molar-refractivity contribution is 5.83. The number of aliphatic hydroxyl groups is 1. The zero-order valence-electron chi connectivity index (χ0n) is 14.7. The summed E-state index contributed by atoms with van der Waals surface area (Å²) in [6, 6.07) is 15.1. The first kappa shape index (κ1) is 17.2. The van der Waals surface area contributed by atoms with Crippen LogP contribution in [0.25, 0.3) is 10.8 Å². The lowest BCUT2D eigenvalue weighted by molar-refractivity contribution is 0.0405. The highest BCUT2D eigenvalue weighted by Crippen LogP contribution is 2.20. The normalized spacial score (nSPS) is 21.0. The van der Waals surface area contributed by atoms with Crippen LogP contribution in [0.2, 0.25) is 0 Å². The number of fused-ring (bicyclic) bond motifs is 1. The molecule has 0 aromatic heterocycles. The molecule has 0 bridgehead atoms. The lowest BCUT2D eigenvalue weighted by atomic mass is 10.1. The fraction of sp³-hybridized carbons (Fsp3) is 0.500. The molecular formula is C20H28N2O2. The van der Waals surface area contributed by atoms with Crippen molar-refractivity contribution < 1.29 is 9.84 Å². The topological polar surface area (TPSA) is 35.9 Å². The van der Waals surface area contributed by atoms with E-state index in [1.807, 2.05) is 13.0 Å². The largest absolute Gasteiger partial charge is 0.492 e. The van der Waals surface area contributed by atoms with E-state index in [0.717, 1.165) is 38.5 Å². The van der Waals surface area contributed by atoms with Gasteiger partial charge in [0, 0.05) is 38.8 Å². The Morgan fingerprint density at radius 2 is 1.96 bits per heavy atom. The van der Waals surface area contributed by atoms with E-state index in [4.69, 9.17) is 4.74 Å². The SMILES string of the molecule is C[C@H](O)CN1CCN(CCOc2ccc3ccccc3c2)C[C@@H]1C. The van der Waals surface area contributed by atoms with Crippen molar-refractivity contribution in [3.05, 3.63) is 42.5 Å². The number of hydrogen-bond donors (Lipinski definition) is 1. The summed E-state index contributed by atoms with van der Waals surface area (Å²) in [4.78, 5) is 4.82. The first-order chi connectivity index (χ1) is 11.6. The van der Waals surface area contributed by atoms with Crippen molar-refractivity contribution in [3.8, 4) is 5.75 Å². The minimum atomic E-state index is -0.254. The van der Waals surface area contributed by atoms with Crippen molar-refractivity contribution in [3.63, 3.8) is 0 Å². The quantitative estimate of drug-likeness (QED) is 0.884. The molecule has 3 rings (SSSR count). The van der Waals surface area contributed by atoms with Crippen molar-refractivity contribution >= 4 is 10.8 Å². The van der Waals surface area contributed by atoms with Gasteiger partial charge in [-0.25, -0.2) is 0 Å². The molecule has 0 unspecified atom stereocenters. The number of ether oxygens (including phenoxy) is 1. The van der Waals surface area contributed by atoms with Gasteiger partial charge in [0.1, 0.15) is 12.4 Å². The number of rotatable bonds is 6. The van der Waals surface area contributed by atoms with Crippen LogP contribution in [0.1, 0.15) is 13.8 Å². The van der Waals surface area contributed by atoms with E-state index < -0.39 is 0 Å². The molecule has 130 valence electrons. The second-order valence-corrected chi connectivity index (χ2v) is 6.85. The fourth-order valence-electron chi connectivity index (χ4n) is 3.43. The highest BCUT2D eigenvalue weighted by Gasteiger charge is 2.24. The number of piperazine rings is 1. The van der Waals surface area contributed by atoms with Crippen LogP contribution in [0.15, 0.2) is 42.5 Å². The Bertz CT molecular complexity index is 659. The molecule has 1 saturated heterocycles. The minimum Gasteiger partial charge on any atom is -0.492 e. The molecule has 0 saturated carbocycles. The summed E-state index contributed by atoms with van der Waals surface area (Å²) in [5, 5.41) is 12.0. The third-order valence-corrected chi connectivity index (χ3v) is 4.75. The van der Waals surface area contributed by atoms with E-state index in [-0.39, 0.29) is 6.10 Å². The third-order valence-electron chi connectivity index (χ3n) is 4.75. The lowest BCUT2D eigenvalue weighted by Crippen LogP contribution is -2.54. The van der Waals surface area contributed by atoms with Crippen molar-refractivity contribution in [2.45, 2.75) is 26.0 Å². The maximum atomic E-state index is 9.56. The Kier molecular flexibility index (Phi) is 5.72. The molecule has 0 radical (unpaired) electrons. The van der Waals surface area contributed by atoms with Gasteiger partial charge in [0.05, 0.1) is 6.10 Å². The van der Waals surface area contributed by atoms with Gasteiger partial charge < -0.3 is 9.84 Å². The molecule has 0 amide bonds. The van der Waals surface area contributed by atoms with Gasteiger partial charge >= 0.3 is 0 Å². The van der Waals surface area contributed by atoms with Crippen molar-refractivity contribution in [1.29, 1.82) is 0 Å². The van der Waals surface area contributed by atoms with Crippen LogP contribution in [-0.2, 0) is 0 Å². The summed E-state index contributed by atoms with van der Waals surface area (Å²) < 4.78 is 5.95. The molecule has 4 heteroatoms. The Balaban J connectivity index is 1.46. The van der Waals surface area contributed by atoms with Gasteiger partial charge in [0.15, 0.2) is 0 Å². The second-order valence-electron chi connectivity index (χ2n) is 6.85. The van der Waals surface area contributed by atoms with E-state index in [1.54, 1.807) is 0 Å². The molecule has 1 aliphatic heterocycles. The molecule has 4 nitrogen and oxygen atoms in total. The predicted octanol–water partition coefficient (Wildman–Crippen LogP) is 2.61. The monoisotopic (exact) mass is 328 g/mol. The number of benzene rings is 2. The van der Waals surface area contributed by atoms with Crippen LogP contribution in [0.4, 0.5) is 0 Å². The molecule has 2 aromatic rings. The first-order valence-electron chi connectivity index (χ1n) is 8.88. The molecule has 1 heterocycles. The Morgan fingerprint density at radius 3 is 2.71 bits per heavy atom. The molecule has 2 aromatic carbocycles. The lowest BCUT2D eigenvalue weighted by Gasteiger charge is -2.40. The minimum absolute atomic E-state index is 0.254. The van der Waals surface area contributed by atoms with Gasteiger partial charge in [0.2, 0.25) is 0 Å². The van der Waals surface area contributed by atoms with E-state index in [2.05, 4.69) is 53.1 Å². The van der Waals surface area contributed by atoms with Gasteiger partial charge in [0.25, 0.3) is 0 Å². The molecule has 0 spiro atoms. The van der Waals surface area contributed by atoms with Crippen LogP contribution in [0.3, 0.4) is 0 Å². The van der Waals surface area contributed by atoms with Crippen LogP contribution in [0, 0.1) is 0 Å². The summed E-state index contributed by atoms with van der Waals surface area (Å²) in [6.45, 7) is 9.60. The summed E-state index contributed by atoms with van der Waals surface area (Å²) in [7, 11) is 0. The zero-order valence-corrected chi connectivity index (χ0v) is 14.7. The zero-order chi connectivity index (χ0) is 16.9. The van der Waals surface area contributed by atoms with Gasteiger partial charge in [-0.05, 0) is 36.8 Å². The maximum absolute atomic E-state index is 9.56. The van der Waals surface area contributed by atoms with Crippen molar-refractivity contribution in [2.24, 2.45) is 0 Å². The van der Waals surface area contributed by atoms with E-state index in [1.165, 1.54) is 10.8 Å². The van der Waals surface area contributed by atoms with Crippen molar-refractivity contribution in [1.82, 2.24) is 9.80 Å². The molecule has 1 fully saturated rings. The maximum Gasteiger partial charge on any atom is 0.120 e. The molecule has 2 atom stereocenters. The average molecular weight is 328 g/mol. The van der Waals surface area contributed by atoms with Gasteiger partial charge in [-0.1, -0.05) is 30.3 Å². The summed E-state index contributed by atoms with van der Waals surface area (Å²) in [5.41, 5.74) is 0. The fourth-order valence-corrected chi connectivity index (χ4v) is 3.43. The third kappa shape index (κ3) is 4.47. The average Bonchev–Trinajstić information content (AvgIpc) is 2.57. The summed E-state index contributed by atoms with van der Waals surface area (Å²) >= 11 is 0. The predicted molar refractivity (Wildman–Crippen MR) is 98.6 cm³/mol. The number of nitrogens with zero attached hydrogens (tertiary/aromatic N) is 2. The summed E-state index contributed by atoms with van der Waals surface area (Å²) in [5.74, 6) is 0.939. The highest BCUT2D eigenvalue weighted by atomic mass is 16.5. The van der Waals surface area contributed by atoms with E-state index >= 15 is 0 Å². The summed E-state index contributed by atoms with van der Waals surface area (Å²) in [6.07, 6.45) is -0.254. The van der Waals surface area contributed by atoms with Crippen LogP contribution < -0.4 is 4.74 Å². The van der Waals surface area contributed by atoms with Crippen LogP contribution in [-0.4, -0.2) is 66.4 Å². The smallest absolute Gasteiger partial charge is 0.120 e. The van der Waals surface area contributed by atoms with Gasteiger partial charge in [-0.2, -0.15) is 0 Å². The molecule has 1 aliphatic rings. The number of hydrogen-bond acceptors (Lipinski definition) is 4. The molecule has 0 aliphatic carbocycles. The molecule has 24 heavy (non-hydrogen) atoms. The standard InChI is InChI=1S/C20H28N2O2/c1-16-14-21(9-10-22(16)15-17(2)23)11-12-24-20-8-7-18-5-3-4-6-19(18)13-20/h3-8,13,16-17,23H,9-12,14-15H2,1-2H3/t16-,17-/m0/s1. The second kappa shape index (κ2) is 7.97. The molecular weight excluding hydrogens is 300 g/mol. The molecule has 1 N–H and O–H groups in total. The van der Waals surface area contributed by atoms with Crippen molar-refractivity contribution in [2.75, 3.05) is 39.3 Å². The van der Waals surface area contributed by atoms with Crippen LogP contribution >= 0.6 is 0 Å². The van der Waals surface area contributed by atoms with Gasteiger partial charge in [-0.15, -0.1) is 0 Å². The Hall–Kier alpha value is -1.62. The van der Waals surface area contributed by atoms with Crippen LogP contribution in [0.5, 0.6) is 5.75 Å². The Labute approximate surface area is 144 Å².